The van der Waals surface area contributed by atoms with Crippen molar-refractivity contribution in [3.8, 4) is 17.7 Å². The lowest BCUT2D eigenvalue weighted by atomic mass is 10.0. The first-order valence-corrected chi connectivity index (χ1v) is 10.4. The maximum atomic E-state index is 12.9. The van der Waals surface area contributed by atoms with Crippen LogP contribution < -0.4 is 10.3 Å². The van der Waals surface area contributed by atoms with Gasteiger partial charge in [0.2, 0.25) is 11.7 Å². The van der Waals surface area contributed by atoms with Crippen molar-refractivity contribution in [3.05, 3.63) is 52.2 Å². The van der Waals surface area contributed by atoms with Gasteiger partial charge in [-0.1, -0.05) is 64.9 Å². The number of pyridine rings is 1. The molecule has 0 bridgehead atoms. The minimum Gasteiger partial charge on any atom is -0.494 e. The Bertz CT molecular complexity index is 1110. The highest BCUT2D eigenvalue weighted by atomic mass is 35.5. The summed E-state index contributed by atoms with van der Waals surface area (Å²) >= 11 is 30.1. The molecule has 0 spiro atoms. The van der Waals surface area contributed by atoms with E-state index in [1.165, 1.54) is 6.92 Å². The van der Waals surface area contributed by atoms with Gasteiger partial charge in [0, 0.05) is 6.04 Å². The Balaban J connectivity index is 2.54. The van der Waals surface area contributed by atoms with Crippen LogP contribution in [0.15, 0.2) is 4.79 Å². The predicted molar refractivity (Wildman–Crippen MR) is 118 cm³/mol. The van der Waals surface area contributed by atoms with E-state index in [9.17, 15) is 20.0 Å². The highest BCUT2D eigenvalue weighted by molar-refractivity contribution is 6.55. The summed E-state index contributed by atoms with van der Waals surface area (Å²) < 4.78 is 6.43. The van der Waals surface area contributed by atoms with Gasteiger partial charge in [0.05, 0.1) is 20.6 Å². The zero-order chi connectivity index (χ0) is 22.9. The van der Waals surface area contributed by atoms with Gasteiger partial charge in [-0.25, -0.2) is 0 Å². The fourth-order valence-electron chi connectivity index (χ4n) is 2.77. The molecular formula is C19H15Cl5N2O4. The van der Waals surface area contributed by atoms with Crippen molar-refractivity contribution in [2.75, 3.05) is 6.61 Å². The van der Waals surface area contributed by atoms with E-state index in [2.05, 4.69) is 0 Å². The standard InChI is InChI=1S/C19H15Cl5N2O4/c1-4-7(2)26-18(28)9(5-25)8(3)11(19(26)29)10(27)6-30-17-15(23)13(21)12(20)14(22)16(17)24/h7,29H,4,6H2,1-3H3. The summed E-state index contributed by atoms with van der Waals surface area (Å²) in [5.41, 5.74) is -1.10. The number of ketones is 1. The molecule has 2 rings (SSSR count). The summed E-state index contributed by atoms with van der Waals surface area (Å²) in [4.78, 5) is 25.4. The smallest absolute Gasteiger partial charge is 0.271 e. The SMILES string of the molecule is CCC(C)n1c(O)c(C(=O)COc2c(Cl)c(Cl)c(Cl)c(Cl)c2Cl)c(C)c(C#N)c1=O. The van der Waals surface area contributed by atoms with Gasteiger partial charge in [0.1, 0.15) is 21.7 Å². The molecule has 30 heavy (non-hydrogen) atoms. The predicted octanol–water partition coefficient (Wildman–Crippen LogP) is 6.23. The monoisotopic (exact) mass is 510 g/mol. The quantitative estimate of drug-likeness (QED) is 0.281. The molecule has 6 nitrogen and oxygen atoms in total. The van der Waals surface area contributed by atoms with E-state index in [4.69, 9.17) is 62.7 Å². The van der Waals surface area contributed by atoms with Crippen molar-refractivity contribution in [2.24, 2.45) is 0 Å². The van der Waals surface area contributed by atoms with Gasteiger partial charge in [-0.2, -0.15) is 5.26 Å². The number of carbonyl (C=O) groups is 1. The zero-order valence-electron chi connectivity index (χ0n) is 15.9. The lowest BCUT2D eigenvalue weighted by molar-refractivity contribution is 0.0916. The van der Waals surface area contributed by atoms with Gasteiger partial charge in [0.15, 0.2) is 12.4 Å². The van der Waals surface area contributed by atoms with E-state index < -0.39 is 29.9 Å². The van der Waals surface area contributed by atoms with Crippen molar-refractivity contribution >= 4 is 63.8 Å². The van der Waals surface area contributed by atoms with Gasteiger partial charge < -0.3 is 9.84 Å². The van der Waals surface area contributed by atoms with Crippen LogP contribution in [0.25, 0.3) is 0 Å². The highest BCUT2D eigenvalue weighted by Crippen LogP contribution is 2.48. The van der Waals surface area contributed by atoms with Crippen LogP contribution in [0.2, 0.25) is 25.1 Å². The molecule has 0 amide bonds. The third-order valence-corrected chi connectivity index (χ3v) is 6.82. The fourth-order valence-corrected chi connectivity index (χ4v) is 4.00. The van der Waals surface area contributed by atoms with Crippen LogP contribution in [0.5, 0.6) is 11.6 Å². The van der Waals surface area contributed by atoms with Crippen LogP contribution in [0, 0.1) is 18.3 Å². The van der Waals surface area contributed by atoms with Crippen molar-refractivity contribution < 1.29 is 14.6 Å². The van der Waals surface area contributed by atoms with Crippen molar-refractivity contribution in [1.29, 1.82) is 5.26 Å². The second-order valence-electron chi connectivity index (χ2n) is 6.35. The van der Waals surface area contributed by atoms with E-state index in [0.717, 1.165) is 4.57 Å². The van der Waals surface area contributed by atoms with Crippen LogP contribution in [0.1, 0.15) is 47.8 Å². The van der Waals surface area contributed by atoms with Gasteiger partial charge in [0.25, 0.3) is 5.56 Å². The molecule has 2 aromatic rings. The van der Waals surface area contributed by atoms with E-state index in [-0.39, 0.29) is 47.6 Å². The van der Waals surface area contributed by atoms with E-state index in [1.54, 1.807) is 19.9 Å². The first-order chi connectivity index (χ1) is 14.0. The molecule has 1 atom stereocenters. The minimum atomic E-state index is -0.715. The molecule has 0 fully saturated rings. The van der Waals surface area contributed by atoms with Crippen LogP contribution in [-0.4, -0.2) is 22.1 Å². The van der Waals surface area contributed by atoms with Gasteiger partial charge in [-0.15, -0.1) is 0 Å². The Morgan fingerprint density at radius 3 is 2.10 bits per heavy atom. The minimum absolute atomic E-state index is 0.0394. The van der Waals surface area contributed by atoms with Crippen molar-refractivity contribution in [2.45, 2.75) is 33.2 Å². The molecule has 0 radical (unpaired) electrons. The van der Waals surface area contributed by atoms with Crippen molar-refractivity contribution in [1.82, 2.24) is 4.57 Å². The van der Waals surface area contributed by atoms with Crippen LogP contribution in [0.3, 0.4) is 0 Å². The summed E-state index contributed by atoms with van der Waals surface area (Å²) in [5, 5.41) is 19.4. The normalized spacial score (nSPS) is 11.8. The Morgan fingerprint density at radius 1 is 1.13 bits per heavy atom. The molecule has 0 aliphatic carbocycles. The average Bonchev–Trinajstić information content (AvgIpc) is 2.70. The first kappa shape index (κ1) is 24.6. The van der Waals surface area contributed by atoms with Gasteiger partial charge >= 0.3 is 0 Å². The zero-order valence-corrected chi connectivity index (χ0v) is 19.7. The number of ether oxygens (including phenoxy) is 1. The Kier molecular flexibility index (Phi) is 7.95. The third-order valence-electron chi connectivity index (χ3n) is 4.57. The average molecular weight is 513 g/mol. The van der Waals surface area contributed by atoms with Crippen molar-refractivity contribution in [3.63, 3.8) is 0 Å². The number of Topliss-reactive ketones (excluding diaryl/α,β-unsaturated/α-hetero) is 1. The largest absolute Gasteiger partial charge is 0.494 e. The molecule has 1 N–H and O–H groups in total. The number of nitrogens with zero attached hydrogens (tertiary/aromatic N) is 2. The Labute approximate surface area is 197 Å². The topological polar surface area (TPSA) is 92.3 Å². The van der Waals surface area contributed by atoms with Crippen LogP contribution >= 0.6 is 58.0 Å². The summed E-state index contributed by atoms with van der Waals surface area (Å²) in [6.45, 7) is 4.24. The van der Waals surface area contributed by atoms with E-state index in [0.29, 0.717) is 6.42 Å². The molecule has 0 aliphatic heterocycles. The van der Waals surface area contributed by atoms with E-state index in [1.807, 2.05) is 0 Å². The Hall–Kier alpha value is -1.62. The van der Waals surface area contributed by atoms with Crippen LogP contribution in [0.4, 0.5) is 0 Å². The second kappa shape index (κ2) is 9.67. The van der Waals surface area contributed by atoms with Crippen LogP contribution in [-0.2, 0) is 0 Å². The summed E-state index contributed by atoms with van der Waals surface area (Å²) in [5.74, 6) is -1.43. The Morgan fingerprint density at radius 2 is 1.63 bits per heavy atom. The molecule has 11 heteroatoms. The number of nitriles is 1. The number of aromatic hydroxyl groups is 1. The lowest BCUT2D eigenvalue weighted by Gasteiger charge is -2.20. The summed E-state index contributed by atoms with van der Waals surface area (Å²) in [7, 11) is 0. The fraction of sp³-hybridized carbons (Fsp3) is 0.316. The summed E-state index contributed by atoms with van der Waals surface area (Å²) in [6.07, 6.45) is 0.485. The number of benzene rings is 1. The molecule has 160 valence electrons. The molecule has 0 saturated carbocycles. The van der Waals surface area contributed by atoms with E-state index >= 15 is 0 Å². The molecule has 0 saturated heterocycles. The highest BCUT2D eigenvalue weighted by Gasteiger charge is 2.27. The second-order valence-corrected chi connectivity index (χ2v) is 8.24. The number of aromatic nitrogens is 1. The third kappa shape index (κ3) is 4.23. The first-order valence-electron chi connectivity index (χ1n) is 8.54. The summed E-state index contributed by atoms with van der Waals surface area (Å²) in [6, 6.07) is 1.34. The van der Waals surface area contributed by atoms with Gasteiger partial charge in [-0.05, 0) is 25.8 Å². The maximum absolute atomic E-state index is 12.9. The number of rotatable bonds is 6. The van der Waals surface area contributed by atoms with Gasteiger partial charge in [-0.3, -0.25) is 14.2 Å². The molecule has 1 unspecified atom stereocenters. The lowest BCUT2D eigenvalue weighted by Crippen LogP contribution is -2.29. The maximum Gasteiger partial charge on any atom is 0.271 e. The molecule has 1 aromatic carbocycles. The molecule has 1 heterocycles. The number of hydrogen-bond acceptors (Lipinski definition) is 5. The number of hydrogen-bond donors (Lipinski definition) is 1. The molecule has 1 aromatic heterocycles. The number of carbonyl (C=O) groups excluding carboxylic acids is 1. The molecule has 0 aliphatic rings. The number of halogens is 5. The molecular weight excluding hydrogens is 497 g/mol.